The molecule has 0 aliphatic carbocycles. The lowest BCUT2D eigenvalue weighted by Gasteiger charge is -2.21. The van der Waals surface area contributed by atoms with Crippen molar-refractivity contribution in [1.82, 2.24) is 10.3 Å². The number of nitrogens with one attached hydrogen (secondary N) is 2. The van der Waals surface area contributed by atoms with Gasteiger partial charge in [0.25, 0.3) is 0 Å². The Morgan fingerprint density at radius 2 is 1.73 bits per heavy atom. The van der Waals surface area contributed by atoms with Crippen LogP contribution in [0.25, 0.3) is 0 Å². The number of anilines is 1. The van der Waals surface area contributed by atoms with Gasteiger partial charge in [0.1, 0.15) is 10.9 Å². The lowest BCUT2D eigenvalue weighted by Crippen LogP contribution is -2.40. The van der Waals surface area contributed by atoms with Crippen LogP contribution in [0.4, 0.5) is 5.69 Å². The van der Waals surface area contributed by atoms with E-state index >= 15 is 0 Å². The molecule has 1 aromatic heterocycles. The third kappa shape index (κ3) is 7.38. The normalized spacial score (nSPS) is 13.0. The minimum absolute atomic E-state index is 0.194. The zero-order valence-electron chi connectivity index (χ0n) is 17.7. The van der Waals surface area contributed by atoms with Crippen LogP contribution in [-0.4, -0.2) is 36.9 Å². The molecule has 2 atom stereocenters. The molecule has 0 fully saturated rings. The molecule has 174 valence electrons. The molecule has 3 aromatic rings. The second-order valence-electron chi connectivity index (χ2n) is 7.18. The van der Waals surface area contributed by atoms with Gasteiger partial charge >= 0.3 is 16.3 Å². The first kappa shape index (κ1) is 24.4. The number of carbonyl (C=O) groups is 2. The molecule has 0 spiro atoms. The zero-order valence-corrected chi connectivity index (χ0v) is 19.3. The highest BCUT2D eigenvalue weighted by atomic mass is 32.2. The first-order chi connectivity index (χ1) is 15.7. The van der Waals surface area contributed by atoms with Crippen LogP contribution < -0.4 is 10.0 Å². The van der Waals surface area contributed by atoms with Gasteiger partial charge in [-0.25, -0.2) is 4.98 Å². The molecule has 1 amide bonds. The van der Waals surface area contributed by atoms with Crippen molar-refractivity contribution in [3.8, 4) is 0 Å². The lowest BCUT2D eigenvalue weighted by atomic mass is 9.97. The van der Waals surface area contributed by atoms with Gasteiger partial charge < -0.3 is 10.1 Å². The molecule has 0 saturated carbocycles. The maximum Gasteiger partial charge on any atom is 0.357 e. The lowest BCUT2D eigenvalue weighted by molar-refractivity contribution is -0.150. The van der Waals surface area contributed by atoms with Gasteiger partial charge in [0.15, 0.2) is 0 Å². The Hall–Kier alpha value is -3.28. The topological polar surface area (TPSA) is 135 Å². The molecular formula is C22H23N3O6S2. The third-order valence-electron chi connectivity index (χ3n) is 4.79. The summed E-state index contributed by atoms with van der Waals surface area (Å²) in [5, 5.41) is 5.36. The fourth-order valence-corrected chi connectivity index (χ4v) is 4.37. The van der Waals surface area contributed by atoms with E-state index in [9.17, 15) is 18.0 Å². The second-order valence-corrected chi connectivity index (χ2v) is 9.26. The molecule has 3 N–H and O–H groups in total. The van der Waals surface area contributed by atoms with Crippen LogP contribution in [-0.2, 0) is 37.5 Å². The number of nitrogens with zero attached hydrogens (tertiary/aromatic N) is 1. The monoisotopic (exact) mass is 489 g/mol. The van der Waals surface area contributed by atoms with E-state index < -0.39 is 34.1 Å². The molecule has 3 rings (SSSR count). The van der Waals surface area contributed by atoms with Crippen molar-refractivity contribution in [2.45, 2.75) is 18.9 Å². The van der Waals surface area contributed by atoms with Crippen LogP contribution in [0.15, 0.2) is 66.2 Å². The van der Waals surface area contributed by atoms with Gasteiger partial charge in [-0.3, -0.25) is 18.9 Å². The number of thiazole rings is 1. The van der Waals surface area contributed by atoms with Gasteiger partial charge in [0, 0.05) is 11.6 Å². The van der Waals surface area contributed by atoms with Crippen molar-refractivity contribution in [3.05, 3.63) is 82.3 Å². The fraction of sp³-hybridized carbons (Fsp3) is 0.227. The highest BCUT2D eigenvalue weighted by Gasteiger charge is 2.30. The molecule has 0 aliphatic rings. The minimum atomic E-state index is -4.37. The van der Waals surface area contributed by atoms with E-state index in [-0.39, 0.29) is 12.1 Å². The number of amides is 1. The molecule has 0 unspecified atom stereocenters. The van der Waals surface area contributed by atoms with Crippen molar-refractivity contribution in [1.29, 1.82) is 0 Å². The van der Waals surface area contributed by atoms with E-state index in [0.717, 1.165) is 11.1 Å². The summed E-state index contributed by atoms with van der Waals surface area (Å²) in [6.45, 7) is 0. The highest BCUT2D eigenvalue weighted by molar-refractivity contribution is 7.87. The number of aromatic nitrogens is 1. The van der Waals surface area contributed by atoms with E-state index in [1.807, 2.05) is 35.1 Å². The number of benzene rings is 2. The number of methoxy groups -OCH3 is 1. The molecule has 0 radical (unpaired) electrons. The molecule has 33 heavy (non-hydrogen) atoms. The van der Waals surface area contributed by atoms with E-state index in [2.05, 4.69) is 10.3 Å². The summed E-state index contributed by atoms with van der Waals surface area (Å²) in [4.78, 5) is 29.8. The van der Waals surface area contributed by atoms with Crippen molar-refractivity contribution in [2.75, 3.05) is 11.8 Å². The van der Waals surface area contributed by atoms with Crippen molar-refractivity contribution in [2.24, 2.45) is 5.92 Å². The first-order valence-electron chi connectivity index (χ1n) is 9.91. The summed E-state index contributed by atoms with van der Waals surface area (Å²) in [7, 11) is -3.13. The van der Waals surface area contributed by atoms with Gasteiger partial charge in [-0.15, -0.1) is 11.3 Å². The minimum Gasteiger partial charge on any atom is -0.468 e. The van der Waals surface area contributed by atoms with Crippen LogP contribution in [0.1, 0.15) is 22.2 Å². The molecule has 2 aromatic carbocycles. The number of hydrogen-bond donors (Lipinski definition) is 3. The second kappa shape index (κ2) is 11.0. The summed E-state index contributed by atoms with van der Waals surface area (Å²) in [6.07, 6.45) is 2.17. The Morgan fingerprint density at radius 1 is 1.06 bits per heavy atom. The van der Waals surface area contributed by atoms with Gasteiger partial charge in [-0.05, 0) is 36.1 Å². The standard InChI is InChI=1S/C22H23N3O6S2/c1-31-22(27)18(13-15-5-3-2-4-6-15)20(26)24-19(21-23-11-12-32-21)14-16-7-9-17(10-8-16)25-33(28,29)30/h2-12,18-19,25H,13-14H2,1H3,(H,24,26)(H,28,29,30)/t18-,19-/m0/s1. The van der Waals surface area contributed by atoms with Crippen LogP contribution in [0.5, 0.6) is 0 Å². The largest absolute Gasteiger partial charge is 0.468 e. The van der Waals surface area contributed by atoms with Crippen molar-refractivity contribution in [3.63, 3.8) is 0 Å². The Bertz CT molecular complexity index is 1170. The molecule has 0 aliphatic heterocycles. The number of esters is 1. The summed E-state index contributed by atoms with van der Waals surface area (Å²) in [5.74, 6) is -2.13. The highest BCUT2D eigenvalue weighted by Crippen LogP contribution is 2.23. The van der Waals surface area contributed by atoms with E-state index in [1.165, 1.54) is 30.6 Å². The predicted molar refractivity (Wildman–Crippen MR) is 124 cm³/mol. The SMILES string of the molecule is COC(=O)[C@@H](Cc1ccccc1)C(=O)N[C@@H](Cc1ccc(NS(=O)(=O)O)cc1)c1nccs1. The molecule has 1 heterocycles. The van der Waals surface area contributed by atoms with E-state index in [0.29, 0.717) is 11.4 Å². The Labute approximate surface area is 195 Å². The Kier molecular flexibility index (Phi) is 8.15. The van der Waals surface area contributed by atoms with Crippen LogP contribution >= 0.6 is 11.3 Å². The van der Waals surface area contributed by atoms with Crippen LogP contribution in [0.2, 0.25) is 0 Å². The van der Waals surface area contributed by atoms with Gasteiger partial charge in [0.2, 0.25) is 5.91 Å². The fourth-order valence-electron chi connectivity index (χ4n) is 3.25. The quantitative estimate of drug-likeness (QED) is 0.226. The maximum atomic E-state index is 13.1. The Morgan fingerprint density at radius 3 is 2.30 bits per heavy atom. The summed E-state index contributed by atoms with van der Waals surface area (Å²) < 4.78 is 37.7. The average Bonchev–Trinajstić information content (AvgIpc) is 3.32. The smallest absolute Gasteiger partial charge is 0.357 e. The molecule has 0 bridgehead atoms. The summed E-state index contributed by atoms with van der Waals surface area (Å²) >= 11 is 1.37. The first-order valence-corrected chi connectivity index (χ1v) is 12.2. The van der Waals surface area contributed by atoms with Gasteiger partial charge in [-0.1, -0.05) is 42.5 Å². The van der Waals surface area contributed by atoms with Crippen molar-refractivity contribution < 1.29 is 27.3 Å². The van der Waals surface area contributed by atoms with Crippen LogP contribution in [0, 0.1) is 5.92 Å². The third-order valence-corrected chi connectivity index (χ3v) is 6.17. The maximum absolute atomic E-state index is 13.1. The summed E-state index contributed by atoms with van der Waals surface area (Å²) in [6, 6.07) is 15.0. The molecular weight excluding hydrogens is 466 g/mol. The van der Waals surface area contributed by atoms with E-state index in [1.54, 1.807) is 23.7 Å². The summed E-state index contributed by atoms with van der Waals surface area (Å²) in [5.41, 5.74) is 1.81. The van der Waals surface area contributed by atoms with Crippen molar-refractivity contribution >= 4 is 39.2 Å². The van der Waals surface area contributed by atoms with Crippen LogP contribution in [0.3, 0.4) is 0 Å². The Balaban J connectivity index is 1.77. The van der Waals surface area contributed by atoms with E-state index in [4.69, 9.17) is 9.29 Å². The number of ether oxygens (including phenoxy) is 1. The van der Waals surface area contributed by atoms with Gasteiger partial charge in [0.05, 0.1) is 18.8 Å². The zero-order chi connectivity index (χ0) is 23.8. The predicted octanol–water partition coefficient (Wildman–Crippen LogP) is 2.79. The average molecular weight is 490 g/mol. The number of hydrogen-bond acceptors (Lipinski definition) is 7. The number of rotatable bonds is 10. The molecule has 0 saturated heterocycles. The number of carbonyl (C=O) groups excluding carboxylic acids is 2. The molecule has 11 heteroatoms. The molecule has 9 nitrogen and oxygen atoms in total. The van der Waals surface area contributed by atoms with Gasteiger partial charge in [-0.2, -0.15) is 8.42 Å².